The molecule has 0 radical (unpaired) electrons. The lowest BCUT2D eigenvalue weighted by Crippen LogP contribution is -2.25. The van der Waals surface area contributed by atoms with Gasteiger partial charge >= 0.3 is 5.97 Å². The van der Waals surface area contributed by atoms with Gasteiger partial charge in [0.05, 0.1) is 23.5 Å². The Morgan fingerprint density at radius 3 is 2.65 bits per heavy atom. The third kappa shape index (κ3) is 3.14. The summed E-state index contributed by atoms with van der Waals surface area (Å²) in [4.78, 5) is 12.0. The number of ether oxygens (including phenoxy) is 4. The molecule has 0 fully saturated rings. The molecule has 20 heavy (non-hydrogen) atoms. The van der Waals surface area contributed by atoms with Crippen LogP contribution >= 0.6 is 0 Å². The highest BCUT2D eigenvalue weighted by molar-refractivity contribution is 5.96. The maximum absolute atomic E-state index is 12.0. The Hall–Kier alpha value is -1.95. The second-order valence-corrected chi connectivity index (χ2v) is 5.14. The Bertz CT molecular complexity index is 513. The van der Waals surface area contributed by atoms with Crippen LogP contribution in [0.3, 0.4) is 0 Å². The van der Waals surface area contributed by atoms with E-state index < -0.39 is 5.97 Å². The van der Waals surface area contributed by atoms with Crippen LogP contribution in [0, 0.1) is 0 Å². The van der Waals surface area contributed by atoms with E-state index in [9.17, 15) is 4.79 Å². The minimum absolute atomic E-state index is 0.134. The molecule has 2 N–H and O–H groups in total. The lowest BCUT2D eigenvalue weighted by molar-refractivity contribution is -0.00560. The minimum atomic E-state index is -0.479. The third-order valence-electron chi connectivity index (χ3n) is 3.25. The first-order valence-electron chi connectivity index (χ1n) is 6.34. The Morgan fingerprint density at radius 2 is 2.00 bits per heavy atom. The maximum Gasteiger partial charge on any atom is 0.340 e. The minimum Gasteiger partial charge on any atom is -0.462 e. The molecule has 0 aliphatic carbocycles. The first-order valence-corrected chi connectivity index (χ1v) is 6.34. The molecule has 0 bridgehead atoms. The van der Waals surface area contributed by atoms with E-state index >= 15 is 0 Å². The van der Waals surface area contributed by atoms with E-state index in [4.69, 9.17) is 24.7 Å². The van der Waals surface area contributed by atoms with Gasteiger partial charge in [-0.05, 0) is 13.8 Å². The second kappa shape index (κ2) is 5.58. The number of carbonyl (C=O) groups is 1. The van der Waals surface area contributed by atoms with Crippen molar-refractivity contribution in [2.24, 2.45) is 0 Å². The summed E-state index contributed by atoms with van der Waals surface area (Å²) in [6.45, 7) is 4.24. The van der Waals surface area contributed by atoms with Crippen LogP contribution in [0.25, 0.3) is 0 Å². The number of nitrogen functional groups attached to an aromatic ring is 1. The molecule has 6 heteroatoms. The smallest absolute Gasteiger partial charge is 0.340 e. The molecule has 2 rings (SSSR count). The van der Waals surface area contributed by atoms with Gasteiger partial charge in [0, 0.05) is 25.7 Å². The molecule has 0 saturated heterocycles. The van der Waals surface area contributed by atoms with Crippen molar-refractivity contribution in [3.63, 3.8) is 0 Å². The molecule has 0 atom stereocenters. The summed E-state index contributed by atoms with van der Waals surface area (Å²) < 4.78 is 20.9. The van der Waals surface area contributed by atoms with E-state index in [1.165, 1.54) is 0 Å². The van der Waals surface area contributed by atoms with Crippen molar-refractivity contribution in [2.45, 2.75) is 25.9 Å². The SMILES string of the molecule is COC(C)(C)CCOC(=O)c1cc2c(cc1N)OCO2. The van der Waals surface area contributed by atoms with Crippen molar-refractivity contribution >= 4 is 11.7 Å². The van der Waals surface area contributed by atoms with Crippen molar-refractivity contribution < 1.29 is 23.7 Å². The number of hydrogen-bond acceptors (Lipinski definition) is 6. The molecule has 1 aliphatic rings. The molecule has 0 saturated carbocycles. The zero-order valence-electron chi connectivity index (χ0n) is 11.9. The summed E-state index contributed by atoms with van der Waals surface area (Å²) in [5.41, 5.74) is 6.08. The molecule has 1 heterocycles. The fourth-order valence-electron chi connectivity index (χ4n) is 1.70. The third-order valence-corrected chi connectivity index (χ3v) is 3.25. The summed E-state index contributed by atoms with van der Waals surface area (Å²) in [5, 5.41) is 0. The van der Waals surface area contributed by atoms with E-state index in [2.05, 4.69) is 0 Å². The van der Waals surface area contributed by atoms with Gasteiger partial charge in [0.25, 0.3) is 0 Å². The number of carbonyl (C=O) groups excluding carboxylic acids is 1. The Kier molecular flexibility index (Phi) is 4.04. The van der Waals surface area contributed by atoms with E-state index in [1.54, 1.807) is 19.2 Å². The Morgan fingerprint density at radius 1 is 1.35 bits per heavy atom. The highest BCUT2D eigenvalue weighted by Gasteiger charge is 2.22. The van der Waals surface area contributed by atoms with Crippen molar-refractivity contribution in [3.05, 3.63) is 17.7 Å². The number of methoxy groups -OCH3 is 1. The summed E-state index contributed by atoms with van der Waals surface area (Å²) in [6, 6.07) is 3.11. The van der Waals surface area contributed by atoms with Gasteiger partial charge in [-0.1, -0.05) is 0 Å². The first kappa shape index (κ1) is 14.5. The van der Waals surface area contributed by atoms with Gasteiger partial charge in [-0.15, -0.1) is 0 Å². The zero-order chi connectivity index (χ0) is 14.8. The van der Waals surface area contributed by atoms with Gasteiger partial charge in [-0.3, -0.25) is 0 Å². The van der Waals surface area contributed by atoms with E-state index in [-0.39, 0.29) is 24.6 Å². The summed E-state index contributed by atoms with van der Waals surface area (Å²) in [6.07, 6.45) is 0.597. The topological polar surface area (TPSA) is 80.0 Å². The molecular formula is C14H19NO5. The number of benzene rings is 1. The second-order valence-electron chi connectivity index (χ2n) is 5.14. The predicted molar refractivity (Wildman–Crippen MR) is 73.0 cm³/mol. The van der Waals surface area contributed by atoms with Gasteiger partial charge < -0.3 is 24.7 Å². The van der Waals surface area contributed by atoms with Crippen molar-refractivity contribution in [1.82, 2.24) is 0 Å². The molecule has 110 valence electrons. The number of fused-ring (bicyclic) bond motifs is 1. The van der Waals surface area contributed by atoms with Crippen molar-refractivity contribution in [2.75, 3.05) is 26.2 Å². The molecular weight excluding hydrogens is 262 g/mol. The van der Waals surface area contributed by atoms with Crippen LogP contribution in [-0.2, 0) is 9.47 Å². The zero-order valence-corrected chi connectivity index (χ0v) is 11.9. The highest BCUT2D eigenvalue weighted by atomic mass is 16.7. The van der Waals surface area contributed by atoms with Crippen LogP contribution in [0.5, 0.6) is 11.5 Å². The van der Waals surface area contributed by atoms with E-state index in [0.29, 0.717) is 23.6 Å². The maximum atomic E-state index is 12.0. The van der Waals surface area contributed by atoms with Crippen LogP contribution in [-0.4, -0.2) is 32.1 Å². The number of nitrogens with two attached hydrogens (primary N) is 1. The van der Waals surface area contributed by atoms with Crippen LogP contribution < -0.4 is 15.2 Å². The van der Waals surface area contributed by atoms with Crippen LogP contribution in [0.1, 0.15) is 30.6 Å². The normalized spacial score (nSPS) is 13.3. The van der Waals surface area contributed by atoms with Gasteiger partial charge in [0.15, 0.2) is 11.5 Å². The van der Waals surface area contributed by atoms with Crippen LogP contribution in [0.15, 0.2) is 12.1 Å². The fraction of sp³-hybridized carbons (Fsp3) is 0.500. The molecule has 0 unspecified atom stereocenters. The summed E-state index contributed by atoms with van der Waals surface area (Å²) in [5.74, 6) is 0.565. The molecule has 6 nitrogen and oxygen atoms in total. The molecule has 0 spiro atoms. The lowest BCUT2D eigenvalue weighted by atomic mass is 10.1. The average Bonchev–Trinajstić information content (AvgIpc) is 2.84. The van der Waals surface area contributed by atoms with E-state index in [0.717, 1.165) is 0 Å². The van der Waals surface area contributed by atoms with Crippen molar-refractivity contribution in [1.29, 1.82) is 0 Å². The quantitative estimate of drug-likeness (QED) is 0.656. The molecule has 1 aromatic carbocycles. The Labute approximate surface area is 117 Å². The van der Waals surface area contributed by atoms with E-state index in [1.807, 2.05) is 13.8 Å². The summed E-state index contributed by atoms with van der Waals surface area (Å²) >= 11 is 0. The van der Waals surface area contributed by atoms with Crippen molar-refractivity contribution in [3.8, 4) is 11.5 Å². The standard InChI is InChI=1S/C14H19NO5/c1-14(2,17-3)4-5-18-13(16)9-6-11-12(7-10(9)15)20-8-19-11/h6-7H,4-5,8,15H2,1-3H3. The highest BCUT2D eigenvalue weighted by Crippen LogP contribution is 2.36. The predicted octanol–water partition coefficient (Wildman–Crippen LogP) is 1.97. The first-order chi connectivity index (χ1) is 9.43. The number of rotatable bonds is 5. The lowest BCUT2D eigenvalue weighted by Gasteiger charge is -2.22. The number of anilines is 1. The van der Waals surface area contributed by atoms with Gasteiger partial charge in [0.1, 0.15) is 0 Å². The fourth-order valence-corrected chi connectivity index (χ4v) is 1.70. The molecule has 0 aromatic heterocycles. The molecule has 1 aromatic rings. The average molecular weight is 281 g/mol. The van der Waals surface area contributed by atoms with Crippen LogP contribution in [0.4, 0.5) is 5.69 Å². The molecule has 0 amide bonds. The number of hydrogen-bond donors (Lipinski definition) is 1. The van der Waals surface area contributed by atoms with Gasteiger partial charge in [0.2, 0.25) is 6.79 Å². The molecule has 1 aliphatic heterocycles. The van der Waals surface area contributed by atoms with Crippen LogP contribution in [0.2, 0.25) is 0 Å². The van der Waals surface area contributed by atoms with Gasteiger partial charge in [-0.25, -0.2) is 4.79 Å². The van der Waals surface area contributed by atoms with Gasteiger partial charge in [-0.2, -0.15) is 0 Å². The monoisotopic (exact) mass is 281 g/mol. The summed E-state index contributed by atoms with van der Waals surface area (Å²) in [7, 11) is 1.62. The largest absolute Gasteiger partial charge is 0.462 e. The number of esters is 1. The Balaban J connectivity index is 2.00.